The highest BCUT2D eigenvalue weighted by Gasteiger charge is 2.08. The van der Waals surface area contributed by atoms with Crippen LogP contribution in [0.15, 0.2) is 47.4 Å². The van der Waals surface area contributed by atoms with E-state index in [9.17, 15) is 13.6 Å². The van der Waals surface area contributed by atoms with Crippen molar-refractivity contribution in [3.05, 3.63) is 59.7 Å². The van der Waals surface area contributed by atoms with Gasteiger partial charge in [-0.15, -0.1) is 11.8 Å². The van der Waals surface area contributed by atoms with E-state index in [0.29, 0.717) is 0 Å². The Morgan fingerprint density at radius 2 is 1.85 bits per heavy atom. The molecule has 0 radical (unpaired) electrons. The van der Waals surface area contributed by atoms with E-state index in [1.165, 1.54) is 5.56 Å². The fourth-order valence-corrected chi connectivity index (χ4v) is 3.12. The summed E-state index contributed by atoms with van der Waals surface area (Å²) < 4.78 is 26.6. The Morgan fingerprint density at radius 1 is 1.11 bits per heavy atom. The number of carbonyl (C=O) groups is 1. The van der Waals surface area contributed by atoms with E-state index in [1.54, 1.807) is 0 Å². The maximum absolute atomic E-state index is 13.5. The number of benzene rings is 2. The summed E-state index contributed by atoms with van der Waals surface area (Å²) in [5.41, 5.74) is 7.06. The lowest BCUT2D eigenvalue weighted by Gasteiger charge is -2.12. The molecule has 0 spiro atoms. The van der Waals surface area contributed by atoms with Crippen LogP contribution in [0.4, 0.5) is 14.5 Å². The van der Waals surface area contributed by atoms with Crippen molar-refractivity contribution < 1.29 is 13.6 Å². The second-order valence-corrected chi connectivity index (χ2v) is 7.22. The summed E-state index contributed by atoms with van der Waals surface area (Å²) in [5, 5.41) is 3.19. The molecule has 0 unspecified atom stereocenters. The van der Waals surface area contributed by atoms with Crippen molar-refractivity contribution in [2.75, 3.05) is 11.1 Å². The van der Waals surface area contributed by atoms with Crippen molar-refractivity contribution in [1.82, 2.24) is 10.9 Å². The Balaban J connectivity index is 1.73. The van der Waals surface area contributed by atoms with Crippen molar-refractivity contribution in [3.8, 4) is 0 Å². The van der Waals surface area contributed by atoms with Crippen molar-refractivity contribution in [1.29, 1.82) is 0 Å². The Kier molecular flexibility index (Phi) is 8.47. The fourth-order valence-electron chi connectivity index (χ4n) is 2.19. The molecule has 1 amide bonds. The number of amides is 1. The Hall–Kier alpha value is -2.19. The van der Waals surface area contributed by atoms with E-state index < -0.39 is 17.5 Å². The summed E-state index contributed by atoms with van der Waals surface area (Å²) in [5.74, 6) is -1.62. The van der Waals surface area contributed by atoms with Gasteiger partial charge in [-0.25, -0.2) is 8.78 Å². The molecule has 0 atom stereocenters. The van der Waals surface area contributed by atoms with Crippen LogP contribution < -0.4 is 16.2 Å². The quantitative estimate of drug-likeness (QED) is 0.359. The molecule has 0 bridgehead atoms. The number of hydrazine groups is 1. The van der Waals surface area contributed by atoms with Crippen LogP contribution in [-0.2, 0) is 11.2 Å². The molecule has 0 aromatic heterocycles. The van der Waals surface area contributed by atoms with Gasteiger partial charge >= 0.3 is 0 Å². The van der Waals surface area contributed by atoms with Gasteiger partial charge in [-0.05, 0) is 61.0 Å². The molecule has 0 aliphatic heterocycles. The van der Waals surface area contributed by atoms with Crippen molar-refractivity contribution >= 4 is 40.7 Å². The van der Waals surface area contributed by atoms with Crippen LogP contribution in [0.1, 0.15) is 25.3 Å². The van der Waals surface area contributed by atoms with E-state index in [0.717, 1.165) is 54.9 Å². The van der Waals surface area contributed by atoms with Gasteiger partial charge in [-0.2, -0.15) is 0 Å². The van der Waals surface area contributed by atoms with Crippen molar-refractivity contribution in [2.24, 2.45) is 0 Å². The van der Waals surface area contributed by atoms with E-state index in [4.69, 9.17) is 12.2 Å². The highest BCUT2D eigenvalue weighted by Crippen LogP contribution is 2.22. The van der Waals surface area contributed by atoms with E-state index >= 15 is 0 Å². The first kappa shape index (κ1) is 21.1. The number of halogens is 2. The SMILES string of the molecule is CCCCc1ccc(NC(=S)NNC(=O)CSc2cc(F)ccc2F)cc1. The maximum Gasteiger partial charge on any atom is 0.248 e. The molecule has 0 fully saturated rings. The van der Waals surface area contributed by atoms with Crippen LogP contribution in [0.3, 0.4) is 0 Å². The zero-order valence-corrected chi connectivity index (χ0v) is 16.5. The lowest BCUT2D eigenvalue weighted by atomic mass is 10.1. The molecule has 0 heterocycles. The molecule has 2 aromatic carbocycles. The minimum absolute atomic E-state index is 0.0778. The van der Waals surface area contributed by atoms with Gasteiger partial charge in [0.25, 0.3) is 0 Å². The van der Waals surface area contributed by atoms with E-state index in [-0.39, 0.29) is 15.8 Å². The smallest absolute Gasteiger partial charge is 0.248 e. The molecule has 8 heteroatoms. The average molecular weight is 410 g/mol. The van der Waals surface area contributed by atoms with Gasteiger partial charge in [0, 0.05) is 10.6 Å². The summed E-state index contributed by atoms with van der Waals surface area (Å²) in [6.07, 6.45) is 3.34. The predicted octanol–water partition coefficient (Wildman–Crippen LogP) is 4.42. The third-order valence-corrected chi connectivity index (χ3v) is 4.83. The zero-order chi connectivity index (χ0) is 19.6. The third kappa shape index (κ3) is 7.52. The van der Waals surface area contributed by atoms with Gasteiger partial charge in [0.1, 0.15) is 11.6 Å². The number of thioether (sulfide) groups is 1. The minimum Gasteiger partial charge on any atom is -0.331 e. The Morgan fingerprint density at radius 3 is 2.56 bits per heavy atom. The highest BCUT2D eigenvalue weighted by molar-refractivity contribution is 8.00. The fraction of sp³-hybridized carbons (Fsp3) is 0.263. The van der Waals surface area contributed by atoms with Crippen LogP contribution in [0.5, 0.6) is 0 Å². The van der Waals surface area contributed by atoms with Crippen molar-refractivity contribution in [2.45, 2.75) is 31.1 Å². The average Bonchev–Trinajstić information content (AvgIpc) is 2.66. The molecular formula is C19H21F2N3OS2. The largest absolute Gasteiger partial charge is 0.331 e. The van der Waals surface area contributed by atoms with Gasteiger partial charge < -0.3 is 5.32 Å². The molecular weight excluding hydrogens is 388 g/mol. The Bertz CT molecular complexity index is 785. The molecule has 2 aromatic rings. The molecule has 0 saturated heterocycles. The van der Waals surface area contributed by atoms with Crippen LogP contribution in [-0.4, -0.2) is 16.8 Å². The molecule has 0 aliphatic rings. The lowest BCUT2D eigenvalue weighted by Crippen LogP contribution is -2.44. The van der Waals surface area contributed by atoms with Crippen LogP contribution in [0, 0.1) is 11.6 Å². The minimum atomic E-state index is -0.568. The maximum atomic E-state index is 13.5. The molecule has 144 valence electrons. The van der Waals surface area contributed by atoms with Gasteiger partial charge in [-0.3, -0.25) is 15.6 Å². The normalized spacial score (nSPS) is 10.3. The number of anilines is 1. The van der Waals surface area contributed by atoms with Crippen molar-refractivity contribution in [3.63, 3.8) is 0 Å². The first-order valence-corrected chi connectivity index (χ1v) is 9.90. The molecule has 27 heavy (non-hydrogen) atoms. The first-order valence-electron chi connectivity index (χ1n) is 8.50. The van der Waals surface area contributed by atoms with E-state index in [1.807, 2.05) is 24.3 Å². The number of aryl methyl sites for hydroxylation is 1. The molecule has 2 rings (SSSR count). The van der Waals surface area contributed by atoms with Gasteiger partial charge in [0.05, 0.1) is 5.75 Å². The monoisotopic (exact) mass is 409 g/mol. The number of hydrogen-bond donors (Lipinski definition) is 3. The second kappa shape index (κ2) is 10.8. The number of hydrogen-bond acceptors (Lipinski definition) is 3. The summed E-state index contributed by atoms with van der Waals surface area (Å²) in [4.78, 5) is 11.9. The summed E-state index contributed by atoms with van der Waals surface area (Å²) in [6, 6.07) is 11.0. The second-order valence-electron chi connectivity index (χ2n) is 5.79. The molecule has 3 N–H and O–H groups in total. The zero-order valence-electron chi connectivity index (χ0n) is 14.9. The van der Waals surface area contributed by atoms with Crippen LogP contribution >= 0.6 is 24.0 Å². The third-order valence-electron chi connectivity index (χ3n) is 3.60. The first-order chi connectivity index (χ1) is 13.0. The number of thiocarbonyl (C=S) groups is 1. The number of carbonyl (C=O) groups excluding carboxylic acids is 1. The standard InChI is InChI=1S/C19H21F2N3OS2/c1-2-3-4-13-5-8-15(9-6-13)22-19(26)24-23-18(25)12-27-17-11-14(20)7-10-16(17)21/h5-11H,2-4,12H2,1H3,(H,23,25)(H2,22,24,26). The summed E-state index contributed by atoms with van der Waals surface area (Å²) >= 11 is 6.02. The molecule has 4 nitrogen and oxygen atoms in total. The topological polar surface area (TPSA) is 53.2 Å². The molecule has 0 aliphatic carbocycles. The van der Waals surface area contributed by atoms with Gasteiger partial charge in [0.2, 0.25) is 5.91 Å². The van der Waals surface area contributed by atoms with Gasteiger partial charge in [0.15, 0.2) is 5.11 Å². The highest BCUT2D eigenvalue weighted by atomic mass is 32.2. The van der Waals surface area contributed by atoms with E-state index in [2.05, 4.69) is 23.1 Å². The summed E-state index contributed by atoms with van der Waals surface area (Å²) in [6.45, 7) is 2.15. The Labute approximate surface area is 167 Å². The number of unbranched alkanes of at least 4 members (excludes halogenated alkanes) is 1. The number of nitrogens with one attached hydrogen (secondary N) is 3. The van der Waals surface area contributed by atoms with Crippen LogP contribution in [0.2, 0.25) is 0 Å². The number of rotatable bonds is 7. The lowest BCUT2D eigenvalue weighted by molar-refractivity contribution is -0.119. The van der Waals surface area contributed by atoms with Crippen LogP contribution in [0.25, 0.3) is 0 Å². The predicted molar refractivity (Wildman–Crippen MR) is 110 cm³/mol. The molecule has 0 saturated carbocycles. The van der Waals surface area contributed by atoms with Gasteiger partial charge in [-0.1, -0.05) is 25.5 Å². The summed E-state index contributed by atoms with van der Waals surface area (Å²) in [7, 11) is 0.